The second kappa shape index (κ2) is 5.99. The van der Waals surface area contributed by atoms with Gasteiger partial charge in [0, 0.05) is 16.2 Å². The molecule has 1 N–H and O–H groups in total. The van der Waals surface area contributed by atoms with Crippen molar-refractivity contribution >= 4 is 21.6 Å². The number of aliphatic hydroxyl groups is 1. The highest BCUT2D eigenvalue weighted by molar-refractivity contribution is 8.77. The summed E-state index contributed by atoms with van der Waals surface area (Å²) in [6.07, 6.45) is 0.743. The molecule has 0 spiro atoms. The molecule has 0 fully saturated rings. The smallest absolute Gasteiger partial charge is 0.0471 e. The predicted molar refractivity (Wildman–Crippen MR) is 75.2 cm³/mol. The Balaban J connectivity index is 2.79. The molecule has 0 saturated heterocycles. The van der Waals surface area contributed by atoms with Gasteiger partial charge in [-0.25, -0.2) is 0 Å². The highest BCUT2D eigenvalue weighted by Crippen LogP contribution is 2.42. The minimum atomic E-state index is 0.219. The van der Waals surface area contributed by atoms with Crippen LogP contribution in [-0.2, 0) is 6.42 Å². The molecule has 1 rings (SSSR count). The van der Waals surface area contributed by atoms with E-state index in [4.69, 9.17) is 5.11 Å². The van der Waals surface area contributed by atoms with Gasteiger partial charge in [0.25, 0.3) is 0 Å². The number of rotatable bonds is 4. The Morgan fingerprint density at radius 2 is 1.94 bits per heavy atom. The first-order valence-corrected chi connectivity index (χ1v) is 7.63. The summed E-state index contributed by atoms with van der Waals surface area (Å²) in [5.41, 5.74) is 2.52. The van der Waals surface area contributed by atoms with Crippen molar-refractivity contribution in [2.45, 2.75) is 43.8 Å². The van der Waals surface area contributed by atoms with E-state index in [0.717, 1.165) is 6.42 Å². The van der Waals surface area contributed by atoms with Crippen LogP contribution in [0.3, 0.4) is 0 Å². The van der Waals surface area contributed by atoms with Crippen LogP contribution in [0.1, 0.15) is 31.9 Å². The summed E-state index contributed by atoms with van der Waals surface area (Å²) in [5, 5.41) is 9.03. The predicted octanol–water partition coefficient (Wildman–Crippen LogP) is 4.07. The van der Waals surface area contributed by atoms with Gasteiger partial charge in [-0.15, -0.1) is 0 Å². The van der Waals surface area contributed by atoms with E-state index >= 15 is 0 Å². The van der Waals surface area contributed by atoms with Gasteiger partial charge >= 0.3 is 0 Å². The van der Waals surface area contributed by atoms with Crippen molar-refractivity contribution in [2.75, 3.05) is 6.61 Å². The van der Waals surface area contributed by atoms with Crippen LogP contribution in [-0.4, -0.2) is 16.5 Å². The molecule has 0 aliphatic carbocycles. The van der Waals surface area contributed by atoms with Crippen LogP contribution in [0, 0.1) is 6.92 Å². The van der Waals surface area contributed by atoms with Crippen molar-refractivity contribution in [1.82, 2.24) is 0 Å². The first-order valence-electron chi connectivity index (χ1n) is 5.48. The lowest BCUT2D eigenvalue weighted by Gasteiger charge is -2.17. The quantitative estimate of drug-likeness (QED) is 0.820. The standard InChI is InChI=1S/C13H20OS2/c1-10-5-6-11(7-8-14)12(9-10)15-16-13(2,3)4/h5-6,9,14H,7-8H2,1-4H3. The van der Waals surface area contributed by atoms with Gasteiger partial charge in [-0.05, 0) is 30.5 Å². The summed E-state index contributed by atoms with van der Waals surface area (Å²) in [6.45, 7) is 8.97. The topological polar surface area (TPSA) is 20.2 Å². The molecule has 90 valence electrons. The van der Waals surface area contributed by atoms with Gasteiger partial charge in [0.15, 0.2) is 0 Å². The highest BCUT2D eigenvalue weighted by atomic mass is 33.1. The zero-order chi connectivity index (χ0) is 12.2. The molecule has 0 aromatic heterocycles. The van der Waals surface area contributed by atoms with Crippen molar-refractivity contribution in [2.24, 2.45) is 0 Å². The number of hydrogen-bond donors (Lipinski definition) is 1. The monoisotopic (exact) mass is 256 g/mol. The third-order valence-electron chi connectivity index (χ3n) is 1.99. The number of hydrogen-bond acceptors (Lipinski definition) is 3. The maximum absolute atomic E-state index is 9.03. The zero-order valence-electron chi connectivity index (χ0n) is 10.4. The Morgan fingerprint density at radius 1 is 1.25 bits per heavy atom. The Hall–Kier alpha value is -0.120. The highest BCUT2D eigenvalue weighted by Gasteiger charge is 2.13. The van der Waals surface area contributed by atoms with Crippen LogP contribution in [0.4, 0.5) is 0 Å². The summed E-state index contributed by atoms with van der Waals surface area (Å²) in [5.74, 6) is 0. The molecular weight excluding hydrogens is 236 g/mol. The largest absolute Gasteiger partial charge is 0.396 e. The minimum Gasteiger partial charge on any atom is -0.396 e. The van der Waals surface area contributed by atoms with Gasteiger partial charge in [-0.3, -0.25) is 0 Å². The van der Waals surface area contributed by atoms with Gasteiger partial charge in [0.05, 0.1) is 0 Å². The number of aliphatic hydroxyl groups excluding tert-OH is 1. The fourth-order valence-corrected chi connectivity index (χ4v) is 3.57. The number of benzene rings is 1. The van der Waals surface area contributed by atoms with Crippen LogP contribution in [0.5, 0.6) is 0 Å². The minimum absolute atomic E-state index is 0.219. The van der Waals surface area contributed by atoms with Crippen molar-refractivity contribution < 1.29 is 5.11 Å². The van der Waals surface area contributed by atoms with Crippen LogP contribution >= 0.6 is 21.6 Å². The molecule has 0 amide bonds. The molecule has 0 saturated carbocycles. The second-order valence-corrected chi connectivity index (χ2v) is 7.86. The molecule has 1 nitrogen and oxygen atoms in total. The van der Waals surface area contributed by atoms with Crippen molar-refractivity contribution in [1.29, 1.82) is 0 Å². The third-order valence-corrected chi connectivity index (χ3v) is 5.42. The second-order valence-electron chi connectivity index (χ2n) is 4.86. The molecule has 3 heteroatoms. The Morgan fingerprint density at radius 3 is 2.50 bits per heavy atom. The fourth-order valence-electron chi connectivity index (χ4n) is 1.24. The van der Waals surface area contributed by atoms with Crippen LogP contribution in [0.25, 0.3) is 0 Å². The van der Waals surface area contributed by atoms with E-state index in [1.807, 2.05) is 21.6 Å². The summed E-state index contributed by atoms with van der Waals surface area (Å²) < 4.78 is 0.255. The third kappa shape index (κ3) is 4.81. The first-order chi connectivity index (χ1) is 7.42. The summed E-state index contributed by atoms with van der Waals surface area (Å²) >= 11 is 0. The molecule has 1 aromatic carbocycles. The summed E-state index contributed by atoms with van der Waals surface area (Å²) in [7, 11) is 3.68. The Kier molecular flexibility index (Phi) is 5.22. The van der Waals surface area contributed by atoms with Crippen LogP contribution in [0.2, 0.25) is 0 Å². The molecule has 16 heavy (non-hydrogen) atoms. The van der Waals surface area contributed by atoms with E-state index in [1.165, 1.54) is 16.0 Å². The lowest BCUT2D eigenvalue weighted by atomic mass is 10.1. The molecule has 0 aliphatic rings. The van der Waals surface area contributed by atoms with Gasteiger partial charge in [0.2, 0.25) is 0 Å². The van der Waals surface area contributed by atoms with Gasteiger partial charge in [-0.2, -0.15) is 0 Å². The van der Waals surface area contributed by atoms with E-state index in [0.29, 0.717) is 0 Å². The average molecular weight is 256 g/mol. The maximum atomic E-state index is 9.03. The van der Waals surface area contributed by atoms with E-state index in [9.17, 15) is 0 Å². The summed E-state index contributed by atoms with van der Waals surface area (Å²) in [6, 6.07) is 6.43. The normalized spacial score (nSPS) is 11.8. The number of aryl methyl sites for hydroxylation is 1. The van der Waals surface area contributed by atoms with E-state index in [-0.39, 0.29) is 11.4 Å². The molecule has 0 aliphatic heterocycles. The van der Waals surface area contributed by atoms with Gasteiger partial charge in [-0.1, -0.05) is 54.5 Å². The van der Waals surface area contributed by atoms with Crippen molar-refractivity contribution in [3.63, 3.8) is 0 Å². The van der Waals surface area contributed by atoms with E-state index < -0.39 is 0 Å². The molecular formula is C13H20OS2. The van der Waals surface area contributed by atoms with E-state index in [2.05, 4.69) is 45.9 Å². The molecule has 0 atom stereocenters. The van der Waals surface area contributed by atoms with Gasteiger partial charge < -0.3 is 5.11 Å². The molecule has 0 heterocycles. The van der Waals surface area contributed by atoms with E-state index in [1.54, 1.807) is 0 Å². The first kappa shape index (κ1) is 13.9. The van der Waals surface area contributed by atoms with Crippen LogP contribution in [0.15, 0.2) is 23.1 Å². The molecule has 0 radical (unpaired) electrons. The molecule has 1 aromatic rings. The molecule has 0 bridgehead atoms. The average Bonchev–Trinajstić information content (AvgIpc) is 2.17. The van der Waals surface area contributed by atoms with Crippen LogP contribution < -0.4 is 0 Å². The zero-order valence-corrected chi connectivity index (χ0v) is 12.0. The fraction of sp³-hybridized carbons (Fsp3) is 0.538. The van der Waals surface area contributed by atoms with Crippen molar-refractivity contribution in [3.8, 4) is 0 Å². The SMILES string of the molecule is Cc1ccc(CCO)c(SSC(C)(C)C)c1. The Bertz CT molecular complexity index is 342. The molecule has 0 unspecified atom stereocenters. The van der Waals surface area contributed by atoms with Crippen molar-refractivity contribution in [3.05, 3.63) is 29.3 Å². The lowest BCUT2D eigenvalue weighted by molar-refractivity contribution is 0.299. The van der Waals surface area contributed by atoms with Gasteiger partial charge in [0.1, 0.15) is 0 Å². The Labute approximate surface area is 106 Å². The summed E-state index contributed by atoms with van der Waals surface area (Å²) in [4.78, 5) is 1.29. The lowest BCUT2D eigenvalue weighted by Crippen LogP contribution is -2.04. The maximum Gasteiger partial charge on any atom is 0.0471 e.